The van der Waals surface area contributed by atoms with E-state index in [2.05, 4.69) is 59.6 Å². The molecule has 0 saturated carbocycles. The first-order valence-electron chi connectivity index (χ1n) is 6.86. The first-order chi connectivity index (χ1) is 9.21. The van der Waals surface area contributed by atoms with Gasteiger partial charge in [0.15, 0.2) is 0 Å². The Hall–Kier alpha value is -1.68. The van der Waals surface area contributed by atoms with Crippen LogP contribution in [0, 0.1) is 0 Å². The van der Waals surface area contributed by atoms with E-state index in [1.165, 1.54) is 5.56 Å². The summed E-state index contributed by atoms with van der Waals surface area (Å²) in [4.78, 5) is 4.45. The first kappa shape index (κ1) is 12.4. The van der Waals surface area contributed by atoms with Crippen LogP contribution in [0.1, 0.15) is 31.3 Å². The van der Waals surface area contributed by atoms with E-state index in [-0.39, 0.29) is 5.41 Å². The van der Waals surface area contributed by atoms with Crippen LogP contribution in [0.15, 0.2) is 36.7 Å². The molecule has 1 aromatic carbocycles. The summed E-state index contributed by atoms with van der Waals surface area (Å²) >= 11 is 0. The quantitative estimate of drug-likeness (QED) is 0.909. The third kappa shape index (κ3) is 2.16. The van der Waals surface area contributed by atoms with E-state index < -0.39 is 0 Å². The molecule has 4 nitrogen and oxygen atoms in total. The lowest BCUT2D eigenvalue weighted by molar-refractivity contribution is 0.264. The predicted molar refractivity (Wildman–Crippen MR) is 75.1 cm³/mol. The van der Waals surface area contributed by atoms with Crippen molar-refractivity contribution >= 4 is 0 Å². The summed E-state index contributed by atoms with van der Waals surface area (Å²) in [7, 11) is 0. The Kier molecular flexibility index (Phi) is 3.11. The number of hydrogen-bond donors (Lipinski definition) is 1. The van der Waals surface area contributed by atoms with Crippen LogP contribution in [-0.2, 0) is 11.8 Å². The van der Waals surface area contributed by atoms with Gasteiger partial charge >= 0.3 is 0 Å². The second kappa shape index (κ2) is 4.78. The van der Waals surface area contributed by atoms with Crippen LogP contribution >= 0.6 is 0 Å². The number of benzene rings is 1. The maximum atomic E-state index is 4.45. The third-order valence-corrected chi connectivity index (χ3v) is 3.95. The average molecular weight is 256 g/mol. The monoisotopic (exact) mass is 256 g/mol. The maximum Gasteiger partial charge on any atom is 0.138 e. The van der Waals surface area contributed by atoms with E-state index in [4.69, 9.17) is 0 Å². The van der Waals surface area contributed by atoms with Crippen molar-refractivity contribution in [2.45, 2.75) is 31.7 Å². The van der Waals surface area contributed by atoms with Crippen molar-refractivity contribution in [1.29, 1.82) is 0 Å². The molecule has 2 heterocycles. The fraction of sp³-hybridized carbons (Fsp3) is 0.467. The molecule has 3 rings (SSSR count). The second-order valence-corrected chi connectivity index (χ2v) is 5.64. The Morgan fingerprint density at radius 1 is 1.26 bits per heavy atom. The molecule has 0 aliphatic carbocycles. The van der Waals surface area contributed by atoms with Crippen molar-refractivity contribution in [1.82, 2.24) is 20.1 Å². The molecule has 0 radical (unpaired) electrons. The van der Waals surface area contributed by atoms with Crippen molar-refractivity contribution in [2.24, 2.45) is 0 Å². The number of hydrogen-bond acceptors (Lipinski definition) is 3. The Bertz CT molecular complexity index is 540. The molecular weight excluding hydrogens is 236 g/mol. The molecule has 0 unspecified atom stereocenters. The van der Waals surface area contributed by atoms with Gasteiger partial charge in [-0.2, -0.15) is 5.10 Å². The normalized spacial score (nSPS) is 17.4. The number of aromatic nitrogens is 3. The van der Waals surface area contributed by atoms with Gasteiger partial charge < -0.3 is 5.32 Å². The lowest BCUT2D eigenvalue weighted by atomic mass is 9.72. The van der Waals surface area contributed by atoms with Gasteiger partial charge in [-0.1, -0.05) is 30.3 Å². The molecule has 0 spiro atoms. The summed E-state index contributed by atoms with van der Waals surface area (Å²) in [5, 5.41) is 7.74. The molecule has 4 heteroatoms. The van der Waals surface area contributed by atoms with Crippen molar-refractivity contribution in [3.8, 4) is 0 Å². The Balaban J connectivity index is 1.90. The molecule has 1 aliphatic heterocycles. The zero-order chi connectivity index (χ0) is 13.3. The van der Waals surface area contributed by atoms with Gasteiger partial charge in [0.25, 0.3) is 0 Å². The van der Waals surface area contributed by atoms with E-state index in [0.717, 1.165) is 25.3 Å². The van der Waals surface area contributed by atoms with E-state index in [1.54, 1.807) is 6.33 Å². The summed E-state index contributed by atoms with van der Waals surface area (Å²) in [6, 6.07) is 11.1. The van der Waals surface area contributed by atoms with Gasteiger partial charge in [-0.05, 0) is 19.4 Å². The van der Waals surface area contributed by atoms with Crippen molar-refractivity contribution in [3.63, 3.8) is 0 Å². The fourth-order valence-corrected chi connectivity index (χ4v) is 2.78. The van der Waals surface area contributed by atoms with Crippen LogP contribution in [0.4, 0.5) is 0 Å². The Morgan fingerprint density at radius 2 is 2.00 bits per heavy atom. The molecule has 1 saturated heterocycles. The highest BCUT2D eigenvalue weighted by molar-refractivity contribution is 5.31. The molecule has 2 aromatic rings. The van der Waals surface area contributed by atoms with Crippen LogP contribution in [0.25, 0.3) is 0 Å². The number of nitrogens with one attached hydrogen (secondary N) is 1. The molecule has 0 bridgehead atoms. The fourth-order valence-electron chi connectivity index (χ4n) is 2.78. The molecule has 1 aromatic heterocycles. The number of nitrogens with zero attached hydrogens (tertiary/aromatic N) is 3. The van der Waals surface area contributed by atoms with Crippen molar-refractivity contribution < 1.29 is 0 Å². The standard InChI is InChI=1S/C15H20N4/c1-12(2)19-14(17-11-18-19)8-15(9-16-10-15)13-6-4-3-5-7-13/h3-7,11-12,16H,8-10H2,1-2H3. The van der Waals surface area contributed by atoms with Crippen LogP contribution < -0.4 is 5.32 Å². The van der Waals surface area contributed by atoms with Crippen LogP contribution in [0.3, 0.4) is 0 Å². The largest absolute Gasteiger partial charge is 0.315 e. The maximum absolute atomic E-state index is 4.45. The molecular formula is C15H20N4. The third-order valence-electron chi connectivity index (χ3n) is 3.95. The first-order valence-corrected chi connectivity index (χ1v) is 6.86. The van der Waals surface area contributed by atoms with Gasteiger partial charge in [0.2, 0.25) is 0 Å². The molecule has 0 amide bonds. The summed E-state index contributed by atoms with van der Waals surface area (Å²) in [5.41, 5.74) is 1.58. The summed E-state index contributed by atoms with van der Waals surface area (Å²) in [6.07, 6.45) is 2.61. The highest BCUT2D eigenvalue weighted by atomic mass is 15.3. The minimum Gasteiger partial charge on any atom is -0.315 e. The van der Waals surface area contributed by atoms with E-state index in [1.807, 2.05) is 4.68 Å². The van der Waals surface area contributed by atoms with Crippen LogP contribution in [0.5, 0.6) is 0 Å². The zero-order valence-corrected chi connectivity index (χ0v) is 11.5. The lowest BCUT2D eigenvalue weighted by Crippen LogP contribution is -2.58. The smallest absolute Gasteiger partial charge is 0.138 e. The second-order valence-electron chi connectivity index (χ2n) is 5.64. The molecule has 1 aliphatic rings. The van der Waals surface area contributed by atoms with Crippen molar-refractivity contribution in [2.75, 3.05) is 13.1 Å². The SMILES string of the molecule is CC(C)n1ncnc1CC1(c2ccccc2)CNC1. The lowest BCUT2D eigenvalue weighted by Gasteiger charge is -2.43. The minimum absolute atomic E-state index is 0.181. The molecule has 1 N–H and O–H groups in total. The summed E-state index contributed by atoms with van der Waals surface area (Å²) in [5.74, 6) is 1.08. The van der Waals surface area contributed by atoms with Gasteiger partial charge in [-0.15, -0.1) is 0 Å². The van der Waals surface area contributed by atoms with Gasteiger partial charge in [0.1, 0.15) is 12.2 Å². The number of rotatable bonds is 4. The van der Waals surface area contributed by atoms with E-state index in [0.29, 0.717) is 6.04 Å². The van der Waals surface area contributed by atoms with Gasteiger partial charge in [-0.25, -0.2) is 9.67 Å². The minimum atomic E-state index is 0.181. The van der Waals surface area contributed by atoms with Crippen LogP contribution in [-0.4, -0.2) is 27.9 Å². The van der Waals surface area contributed by atoms with Crippen molar-refractivity contribution in [3.05, 3.63) is 48.0 Å². The van der Waals surface area contributed by atoms with Gasteiger partial charge in [0, 0.05) is 31.0 Å². The Labute approximate surface area is 113 Å². The topological polar surface area (TPSA) is 42.7 Å². The zero-order valence-electron chi connectivity index (χ0n) is 11.5. The van der Waals surface area contributed by atoms with E-state index in [9.17, 15) is 0 Å². The highest BCUT2D eigenvalue weighted by Gasteiger charge is 2.40. The summed E-state index contributed by atoms with van der Waals surface area (Å²) in [6.45, 7) is 6.32. The van der Waals surface area contributed by atoms with Crippen LogP contribution in [0.2, 0.25) is 0 Å². The van der Waals surface area contributed by atoms with E-state index >= 15 is 0 Å². The van der Waals surface area contributed by atoms with Gasteiger partial charge in [-0.3, -0.25) is 0 Å². The Morgan fingerprint density at radius 3 is 2.58 bits per heavy atom. The molecule has 100 valence electrons. The van der Waals surface area contributed by atoms with Gasteiger partial charge in [0.05, 0.1) is 0 Å². The average Bonchev–Trinajstić information content (AvgIpc) is 2.83. The summed E-state index contributed by atoms with van der Waals surface area (Å²) < 4.78 is 2.03. The molecule has 0 atom stereocenters. The molecule has 1 fully saturated rings. The molecule has 19 heavy (non-hydrogen) atoms. The predicted octanol–water partition coefficient (Wildman–Crippen LogP) is 1.94. The highest BCUT2D eigenvalue weighted by Crippen LogP contribution is 2.32.